The zero-order chi connectivity index (χ0) is 28.7. The molecule has 0 amide bonds. The van der Waals surface area contributed by atoms with Gasteiger partial charge in [0.2, 0.25) is 0 Å². The molecule has 216 valence electrons. The molecule has 42 heavy (non-hydrogen) atoms. The van der Waals surface area contributed by atoms with Crippen LogP contribution in [0.25, 0.3) is 21.8 Å². The van der Waals surface area contributed by atoms with Crippen molar-refractivity contribution in [2.75, 3.05) is 33.7 Å². The van der Waals surface area contributed by atoms with Gasteiger partial charge in [0.25, 0.3) is 0 Å². The summed E-state index contributed by atoms with van der Waals surface area (Å²) in [5.74, 6) is 0.798. The number of rotatable bonds is 4. The number of H-pyrrole nitrogens is 2. The number of phenols is 1. The number of aliphatic hydroxyl groups excluding tert-OH is 1. The van der Waals surface area contributed by atoms with E-state index in [0.29, 0.717) is 17.9 Å². The molecular weight excluding hydrogens is 522 g/mol. The highest BCUT2D eigenvalue weighted by atomic mass is 16.3. The lowest BCUT2D eigenvalue weighted by Crippen LogP contribution is -3.09. The molecule has 4 aromatic rings. The molecule has 4 unspecified atom stereocenters. The van der Waals surface area contributed by atoms with E-state index < -0.39 is 0 Å². The Morgan fingerprint density at radius 3 is 2.62 bits per heavy atom. The lowest BCUT2D eigenvalue weighted by atomic mass is 9.85. The Kier molecular flexibility index (Phi) is 5.93. The van der Waals surface area contributed by atoms with Crippen LogP contribution in [0.2, 0.25) is 0 Å². The van der Waals surface area contributed by atoms with Gasteiger partial charge in [-0.05, 0) is 75.6 Å². The number of benzene rings is 2. The van der Waals surface area contributed by atoms with Crippen molar-refractivity contribution in [2.45, 2.75) is 50.2 Å². The van der Waals surface area contributed by atoms with Gasteiger partial charge in [0, 0.05) is 57.7 Å². The van der Waals surface area contributed by atoms with E-state index in [9.17, 15) is 10.2 Å². The van der Waals surface area contributed by atoms with Crippen LogP contribution in [-0.2, 0) is 12.8 Å². The number of nitrogens with one attached hydrogen (secondary N) is 3. The zero-order valence-electron chi connectivity index (χ0n) is 24.5. The second-order valence-corrected chi connectivity index (χ2v) is 12.8. The number of phenolic OH excluding ortho intramolecular Hbond substituents is 1. The molecule has 8 rings (SSSR count). The van der Waals surface area contributed by atoms with Crippen LogP contribution in [0.3, 0.4) is 0 Å². The number of aliphatic hydroxyl groups is 1. The third kappa shape index (κ3) is 3.70. The Morgan fingerprint density at radius 2 is 1.81 bits per heavy atom. The molecule has 5 N–H and O–H groups in total. The number of aromatic hydroxyl groups is 1. The van der Waals surface area contributed by atoms with E-state index in [2.05, 4.69) is 77.0 Å². The summed E-state index contributed by atoms with van der Waals surface area (Å²) in [5, 5.41) is 25.7. The highest BCUT2D eigenvalue weighted by Crippen LogP contribution is 2.45. The van der Waals surface area contributed by atoms with Crippen LogP contribution in [0, 0.1) is 0 Å². The minimum Gasteiger partial charge on any atom is -0.508 e. The fourth-order valence-corrected chi connectivity index (χ4v) is 8.45. The minimum absolute atomic E-state index is 0.135. The van der Waals surface area contributed by atoms with Crippen molar-refractivity contribution in [2.24, 2.45) is 0 Å². The normalized spacial score (nSPS) is 26.4. The summed E-state index contributed by atoms with van der Waals surface area (Å²) in [6, 6.07) is 12.6. The van der Waals surface area contributed by atoms with E-state index in [4.69, 9.17) is 0 Å². The number of likely N-dealkylation sites (tertiary alicyclic amines) is 1. The monoisotopic (exact) mass is 562 g/mol. The van der Waals surface area contributed by atoms with E-state index in [1.165, 1.54) is 38.0 Å². The van der Waals surface area contributed by atoms with Gasteiger partial charge in [0.15, 0.2) is 11.8 Å². The van der Waals surface area contributed by atoms with Crippen LogP contribution < -0.4 is 4.90 Å². The summed E-state index contributed by atoms with van der Waals surface area (Å²) in [6.45, 7) is 7.08. The summed E-state index contributed by atoms with van der Waals surface area (Å²) in [4.78, 5) is 13.5. The molecule has 0 aliphatic carbocycles. The largest absolute Gasteiger partial charge is 0.508 e. The lowest BCUT2D eigenvalue weighted by molar-refractivity contribution is -0.880. The summed E-state index contributed by atoms with van der Waals surface area (Å²) in [7, 11) is 4.34. The number of hydrogen-bond donors (Lipinski definition) is 5. The van der Waals surface area contributed by atoms with Crippen molar-refractivity contribution >= 4 is 21.8 Å². The third-order valence-electron chi connectivity index (χ3n) is 10.6. The Hall–Kier alpha value is -3.78. The first-order valence-electron chi connectivity index (χ1n) is 15.4. The molecule has 2 aromatic heterocycles. The van der Waals surface area contributed by atoms with E-state index in [1.54, 1.807) is 0 Å². The molecule has 7 heteroatoms. The zero-order valence-corrected chi connectivity index (χ0v) is 24.5. The number of fused-ring (bicyclic) bond motifs is 8. The minimum atomic E-state index is -0.202. The van der Waals surface area contributed by atoms with Crippen molar-refractivity contribution in [1.29, 1.82) is 0 Å². The van der Waals surface area contributed by atoms with Crippen LogP contribution >= 0.6 is 0 Å². The molecular formula is C35H40N5O2+. The fraction of sp³-hybridized carbons (Fsp3) is 0.371. The van der Waals surface area contributed by atoms with Crippen LogP contribution in [0.1, 0.15) is 65.5 Å². The highest BCUT2D eigenvalue weighted by Gasteiger charge is 2.42. The Bertz CT molecular complexity index is 1810. The fourth-order valence-electron chi connectivity index (χ4n) is 8.45. The summed E-state index contributed by atoms with van der Waals surface area (Å²) in [6.07, 6.45) is 9.01. The predicted octanol–water partition coefficient (Wildman–Crippen LogP) is 5.12. The van der Waals surface area contributed by atoms with Gasteiger partial charge >= 0.3 is 0 Å². The standard InChI is InChI=1S/C35H39N5O2/c1-4-20-19-40-17-14-24-22-11-12-29(41)30(27-10-7-15-38(27)2)32(22)37-33(24)34(40)35(42)25(20)18-28-31-23(13-16-39(28)3)21-8-5-6-9-26(21)36-31/h4-6,8-9,11-12,19,27-28,34,36-37,41-42H,1,7,10,13-18H2,2-3H3/p+1. The van der Waals surface area contributed by atoms with Crippen LogP contribution in [0.5, 0.6) is 5.75 Å². The maximum atomic E-state index is 12.2. The lowest BCUT2D eigenvalue weighted by Gasteiger charge is -2.37. The molecule has 0 bridgehead atoms. The topological polar surface area (TPSA) is 83.0 Å². The van der Waals surface area contributed by atoms with Gasteiger partial charge in [-0.1, -0.05) is 30.9 Å². The number of para-hydroxylation sites is 1. The number of aromatic nitrogens is 2. The van der Waals surface area contributed by atoms with Crippen molar-refractivity contribution in [3.8, 4) is 5.75 Å². The van der Waals surface area contributed by atoms with Gasteiger partial charge in [-0.25, -0.2) is 0 Å². The number of likely N-dealkylation sites (N-methyl/N-ethyl adjacent to an activating group) is 1. The van der Waals surface area contributed by atoms with E-state index in [0.717, 1.165) is 73.2 Å². The molecule has 0 spiro atoms. The Balaban J connectivity index is 1.24. The molecule has 1 fully saturated rings. The van der Waals surface area contributed by atoms with Gasteiger partial charge in [0.1, 0.15) is 11.9 Å². The highest BCUT2D eigenvalue weighted by molar-refractivity contribution is 5.90. The smallest absolute Gasteiger partial charge is 0.190 e. The predicted molar refractivity (Wildman–Crippen MR) is 167 cm³/mol. The molecule has 4 aliphatic heterocycles. The molecule has 4 aliphatic rings. The van der Waals surface area contributed by atoms with Crippen molar-refractivity contribution in [1.82, 2.24) is 19.8 Å². The summed E-state index contributed by atoms with van der Waals surface area (Å²) < 4.78 is 0. The molecule has 1 saturated heterocycles. The van der Waals surface area contributed by atoms with Crippen LogP contribution in [0.4, 0.5) is 0 Å². The molecule has 6 heterocycles. The van der Waals surface area contributed by atoms with Gasteiger partial charge in [0.05, 0.1) is 23.8 Å². The number of hydrogen-bond acceptors (Lipinski definition) is 4. The maximum Gasteiger partial charge on any atom is 0.190 e. The maximum absolute atomic E-state index is 12.2. The first-order valence-corrected chi connectivity index (χ1v) is 15.4. The van der Waals surface area contributed by atoms with Crippen LogP contribution in [0.15, 0.2) is 72.2 Å². The van der Waals surface area contributed by atoms with Gasteiger partial charge in [-0.3, -0.25) is 14.7 Å². The van der Waals surface area contributed by atoms with Crippen molar-refractivity contribution in [3.05, 3.63) is 100 Å². The summed E-state index contributed by atoms with van der Waals surface area (Å²) >= 11 is 0. The average molecular weight is 563 g/mol. The number of nitrogens with zero attached hydrogens (tertiary/aromatic N) is 2. The van der Waals surface area contributed by atoms with E-state index in [1.807, 2.05) is 12.1 Å². The molecule has 0 radical (unpaired) electrons. The number of aromatic amines is 2. The first-order chi connectivity index (χ1) is 20.4. The van der Waals surface area contributed by atoms with Gasteiger partial charge in [-0.2, -0.15) is 0 Å². The summed E-state index contributed by atoms with van der Waals surface area (Å²) in [5.41, 5.74) is 10.2. The second-order valence-electron chi connectivity index (χ2n) is 12.8. The number of allylic oxidation sites excluding steroid dienone is 2. The molecule has 2 aromatic carbocycles. The molecule has 0 saturated carbocycles. The molecule has 4 atom stereocenters. The van der Waals surface area contributed by atoms with Crippen LogP contribution in [-0.4, -0.2) is 63.7 Å². The second kappa shape index (κ2) is 9.63. The van der Waals surface area contributed by atoms with Crippen molar-refractivity contribution < 1.29 is 15.1 Å². The third-order valence-corrected chi connectivity index (χ3v) is 10.6. The molecule has 7 nitrogen and oxygen atoms in total. The number of quaternary nitrogens is 1. The van der Waals surface area contributed by atoms with Crippen molar-refractivity contribution in [3.63, 3.8) is 0 Å². The average Bonchev–Trinajstić information content (AvgIpc) is 3.70. The van der Waals surface area contributed by atoms with E-state index in [-0.39, 0.29) is 18.1 Å². The van der Waals surface area contributed by atoms with Gasteiger partial charge in [-0.15, -0.1) is 0 Å². The SMILES string of the molecule is C=CC1=C[NH+]2CCc3c([nH]c4c(C5CCCN5C)c(O)ccc34)C2C(O)=C1CC1c2[nH]c3ccccc3c2CCN1C. The van der Waals surface area contributed by atoms with Gasteiger partial charge < -0.3 is 20.2 Å². The van der Waals surface area contributed by atoms with E-state index >= 15 is 0 Å². The Morgan fingerprint density at radius 1 is 0.976 bits per heavy atom. The quantitative estimate of drug-likeness (QED) is 0.239. The Labute approximate surface area is 246 Å². The first kappa shape index (κ1) is 25.9.